The van der Waals surface area contributed by atoms with E-state index in [1.165, 1.54) is 22.0 Å². The molecule has 0 bridgehead atoms. The van der Waals surface area contributed by atoms with Gasteiger partial charge in [0.2, 0.25) is 0 Å². The average Bonchev–Trinajstić information content (AvgIpc) is 2.58. The highest BCUT2D eigenvalue weighted by Crippen LogP contribution is 2.30. The Morgan fingerprint density at radius 1 is 1.20 bits per heavy atom. The monoisotopic (exact) mass is 200 g/mol. The zero-order valence-electron chi connectivity index (χ0n) is 9.33. The van der Waals surface area contributed by atoms with Crippen molar-refractivity contribution in [2.24, 2.45) is 7.05 Å². The Labute approximate surface area is 90.1 Å². The molecule has 0 unspecified atom stereocenters. The lowest BCUT2D eigenvalue weighted by Crippen LogP contribution is -2.25. The summed E-state index contributed by atoms with van der Waals surface area (Å²) in [5, 5.41) is 1.49. The summed E-state index contributed by atoms with van der Waals surface area (Å²) in [5.74, 6) is 0. The largest absolute Gasteiger partial charge is 0.350 e. The van der Waals surface area contributed by atoms with Gasteiger partial charge in [-0.25, -0.2) is 0 Å². The number of nitrogens with zero attached hydrogens (tertiary/aromatic N) is 2. The molecule has 0 saturated carbocycles. The van der Waals surface area contributed by atoms with Gasteiger partial charge in [-0.1, -0.05) is 19.1 Å². The van der Waals surface area contributed by atoms with Crippen LogP contribution < -0.4 is 0 Å². The average molecular weight is 200 g/mol. The zero-order valence-corrected chi connectivity index (χ0v) is 9.33. The third-order valence-electron chi connectivity index (χ3n) is 3.41. The fourth-order valence-electron chi connectivity index (χ4n) is 2.63. The molecule has 0 atom stereocenters. The first-order valence-corrected chi connectivity index (χ1v) is 5.57. The van der Waals surface area contributed by atoms with E-state index in [1.807, 2.05) is 0 Å². The molecule has 3 rings (SSSR count). The molecular formula is C13H16N2. The Kier molecular flexibility index (Phi) is 1.86. The fraction of sp³-hybridized carbons (Fsp3) is 0.385. The molecule has 0 fully saturated rings. The van der Waals surface area contributed by atoms with Gasteiger partial charge in [0, 0.05) is 37.2 Å². The minimum atomic E-state index is 1.10. The van der Waals surface area contributed by atoms with Crippen molar-refractivity contribution in [2.75, 3.05) is 6.54 Å². The SMILES string of the molecule is CCN1Cc2cccc3c2c(cn3C)C1. The lowest BCUT2D eigenvalue weighted by atomic mass is 10.0. The molecule has 2 aromatic rings. The molecule has 1 aliphatic rings. The van der Waals surface area contributed by atoms with Crippen LogP contribution in [-0.2, 0) is 20.1 Å². The van der Waals surface area contributed by atoms with Crippen LogP contribution in [0.4, 0.5) is 0 Å². The topological polar surface area (TPSA) is 8.17 Å². The Hall–Kier alpha value is -1.28. The van der Waals surface area contributed by atoms with E-state index < -0.39 is 0 Å². The van der Waals surface area contributed by atoms with Gasteiger partial charge in [-0.15, -0.1) is 0 Å². The van der Waals surface area contributed by atoms with E-state index in [4.69, 9.17) is 0 Å². The molecule has 0 radical (unpaired) electrons. The van der Waals surface area contributed by atoms with Crippen LogP contribution in [0.5, 0.6) is 0 Å². The lowest BCUT2D eigenvalue weighted by molar-refractivity contribution is 0.267. The molecule has 2 nitrogen and oxygen atoms in total. The Morgan fingerprint density at radius 3 is 2.80 bits per heavy atom. The molecule has 2 heterocycles. The maximum atomic E-state index is 2.48. The lowest BCUT2D eigenvalue weighted by Gasteiger charge is -2.25. The first kappa shape index (κ1) is 8.98. The van der Waals surface area contributed by atoms with Crippen LogP contribution in [-0.4, -0.2) is 16.0 Å². The molecule has 0 amide bonds. The number of aryl methyl sites for hydroxylation is 1. The summed E-state index contributed by atoms with van der Waals surface area (Å²) in [7, 11) is 2.14. The van der Waals surface area contributed by atoms with E-state index in [0.29, 0.717) is 0 Å². The zero-order chi connectivity index (χ0) is 10.4. The van der Waals surface area contributed by atoms with Gasteiger partial charge < -0.3 is 4.57 Å². The van der Waals surface area contributed by atoms with E-state index in [1.54, 1.807) is 0 Å². The number of hydrogen-bond donors (Lipinski definition) is 0. The molecule has 0 saturated heterocycles. The van der Waals surface area contributed by atoms with Crippen LogP contribution >= 0.6 is 0 Å². The highest BCUT2D eigenvalue weighted by atomic mass is 15.1. The van der Waals surface area contributed by atoms with Crippen molar-refractivity contribution >= 4 is 10.9 Å². The summed E-state index contributed by atoms with van der Waals surface area (Å²) in [6, 6.07) is 6.64. The maximum absolute atomic E-state index is 2.48. The van der Waals surface area contributed by atoms with Crippen molar-refractivity contribution < 1.29 is 0 Å². The predicted molar refractivity (Wildman–Crippen MR) is 62.7 cm³/mol. The standard InChI is InChI=1S/C13H16N2/c1-3-15-8-10-5-4-6-12-13(10)11(9-15)7-14(12)2/h4-7H,3,8-9H2,1-2H3. The number of benzene rings is 1. The summed E-state index contributed by atoms with van der Waals surface area (Å²) >= 11 is 0. The van der Waals surface area contributed by atoms with Crippen molar-refractivity contribution in [1.29, 1.82) is 0 Å². The first-order valence-electron chi connectivity index (χ1n) is 5.57. The number of hydrogen-bond acceptors (Lipinski definition) is 1. The Bertz CT molecular complexity index is 510. The number of rotatable bonds is 1. The van der Waals surface area contributed by atoms with Crippen LogP contribution in [0.15, 0.2) is 24.4 Å². The summed E-state index contributed by atoms with van der Waals surface area (Å²) in [4.78, 5) is 2.48. The van der Waals surface area contributed by atoms with E-state index in [2.05, 4.69) is 47.8 Å². The molecule has 2 heteroatoms. The van der Waals surface area contributed by atoms with Crippen molar-refractivity contribution in [3.05, 3.63) is 35.5 Å². The molecular weight excluding hydrogens is 184 g/mol. The van der Waals surface area contributed by atoms with E-state index in [9.17, 15) is 0 Å². The summed E-state index contributed by atoms with van der Waals surface area (Å²) in [5.41, 5.74) is 4.34. The van der Waals surface area contributed by atoms with Gasteiger partial charge >= 0.3 is 0 Å². The smallest absolute Gasteiger partial charge is 0.0484 e. The Morgan fingerprint density at radius 2 is 2.00 bits per heavy atom. The van der Waals surface area contributed by atoms with E-state index in [-0.39, 0.29) is 0 Å². The molecule has 0 spiro atoms. The highest BCUT2D eigenvalue weighted by molar-refractivity contribution is 5.87. The fourth-order valence-corrected chi connectivity index (χ4v) is 2.63. The summed E-state index contributed by atoms with van der Waals surface area (Å²) in [6.07, 6.45) is 2.27. The second kappa shape index (κ2) is 3.11. The minimum Gasteiger partial charge on any atom is -0.350 e. The highest BCUT2D eigenvalue weighted by Gasteiger charge is 2.19. The molecule has 0 aliphatic carbocycles. The molecule has 1 aromatic carbocycles. The first-order chi connectivity index (χ1) is 7.29. The van der Waals surface area contributed by atoms with Crippen molar-refractivity contribution in [1.82, 2.24) is 9.47 Å². The predicted octanol–water partition coefficient (Wildman–Crippen LogP) is 2.51. The second-order valence-electron chi connectivity index (χ2n) is 4.38. The third kappa shape index (κ3) is 1.21. The van der Waals surface area contributed by atoms with Gasteiger partial charge in [0.05, 0.1) is 0 Å². The molecule has 78 valence electrons. The van der Waals surface area contributed by atoms with Crippen LogP contribution in [0, 0.1) is 0 Å². The van der Waals surface area contributed by atoms with Crippen molar-refractivity contribution in [2.45, 2.75) is 20.0 Å². The maximum Gasteiger partial charge on any atom is 0.0484 e. The van der Waals surface area contributed by atoms with E-state index >= 15 is 0 Å². The minimum absolute atomic E-state index is 1.10. The molecule has 1 aromatic heterocycles. The van der Waals surface area contributed by atoms with Gasteiger partial charge in [0.25, 0.3) is 0 Å². The number of aromatic nitrogens is 1. The van der Waals surface area contributed by atoms with Gasteiger partial charge in [-0.2, -0.15) is 0 Å². The molecule has 15 heavy (non-hydrogen) atoms. The second-order valence-corrected chi connectivity index (χ2v) is 4.38. The van der Waals surface area contributed by atoms with Gasteiger partial charge in [0.1, 0.15) is 0 Å². The van der Waals surface area contributed by atoms with Crippen molar-refractivity contribution in [3.8, 4) is 0 Å². The molecule has 0 N–H and O–H groups in total. The van der Waals surface area contributed by atoms with Crippen LogP contribution in [0.2, 0.25) is 0 Å². The van der Waals surface area contributed by atoms with Crippen LogP contribution in [0.1, 0.15) is 18.1 Å². The quantitative estimate of drug-likeness (QED) is 0.686. The van der Waals surface area contributed by atoms with Crippen LogP contribution in [0.25, 0.3) is 10.9 Å². The van der Waals surface area contributed by atoms with Gasteiger partial charge in [-0.3, -0.25) is 4.90 Å². The summed E-state index contributed by atoms with van der Waals surface area (Å²) in [6.45, 7) is 5.56. The van der Waals surface area contributed by atoms with Crippen molar-refractivity contribution in [3.63, 3.8) is 0 Å². The summed E-state index contributed by atoms with van der Waals surface area (Å²) < 4.78 is 2.24. The van der Waals surface area contributed by atoms with E-state index in [0.717, 1.165) is 19.6 Å². The molecule has 1 aliphatic heterocycles. The Balaban J connectivity index is 2.27. The third-order valence-corrected chi connectivity index (χ3v) is 3.41. The normalized spacial score (nSPS) is 16.1. The van der Waals surface area contributed by atoms with Crippen LogP contribution in [0.3, 0.4) is 0 Å². The van der Waals surface area contributed by atoms with Gasteiger partial charge in [0.15, 0.2) is 0 Å². The van der Waals surface area contributed by atoms with Gasteiger partial charge in [-0.05, 0) is 23.7 Å².